The number of fused-ring (bicyclic) bond motifs is 1. The number of hydrogen-bond acceptors (Lipinski definition) is 7. The van der Waals surface area contributed by atoms with Crippen molar-refractivity contribution in [1.82, 2.24) is 20.4 Å². The van der Waals surface area contributed by atoms with E-state index < -0.39 is 24.6 Å². The molecule has 1 aliphatic rings. The summed E-state index contributed by atoms with van der Waals surface area (Å²) < 4.78 is 1.70. The summed E-state index contributed by atoms with van der Waals surface area (Å²) >= 11 is 0. The summed E-state index contributed by atoms with van der Waals surface area (Å²) in [7, 11) is 0.101. The molecule has 37 heavy (non-hydrogen) atoms. The average molecular weight is 505 g/mol. The highest BCUT2D eigenvalue weighted by molar-refractivity contribution is 6.43. The molecule has 2 aromatic carbocycles. The summed E-state index contributed by atoms with van der Waals surface area (Å²) in [6.07, 6.45) is 2.40. The first kappa shape index (κ1) is 26.4. The molecule has 2 atom stereocenters. The Kier molecular flexibility index (Phi) is 7.94. The number of hydrogen-bond donors (Lipinski definition) is 4. The molecule has 2 heterocycles. The maximum Gasteiger partial charge on any atom is 0.475 e. The zero-order valence-electron chi connectivity index (χ0n) is 21.2. The van der Waals surface area contributed by atoms with E-state index in [1.165, 1.54) is 0 Å². The monoisotopic (exact) mass is 505 g/mol. The molecule has 4 N–H and O–H groups in total. The minimum absolute atomic E-state index is 0.0946. The van der Waals surface area contributed by atoms with Crippen LogP contribution in [0, 0.1) is 5.92 Å². The first-order valence-electron chi connectivity index (χ1n) is 12.3. The Morgan fingerprint density at radius 2 is 1.92 bits per heavy atom. The lowest BCUT2D eigenvalue weighted by Crippen LogP contribution is -2.56. The van der Waals surface area contributed by atoms with Crippen LogP contribution in [-0.4, -0.2) is 62.6 Å². The van der Waals surface area contributed by atoms with Gasteiger partial charge in [0.25, 0.3) is 11.8 Å². The third-order valence-corrected chi connectivity index (χ3v) is 6.48. The number of carbonyl (C=O) groups is 2. The van der Waals surface area contributed by atoms with E-state index in [9.17, 15) is 19.6 Å². The summed E-state index contributed by atoms with van der Waals surface area (Å²) in [5, 5.41) is 34.4. The van der Waals surface area contributed by atoms with Gasteiger partial charge in [0.15, 0.2) is 0 Å². The van der Waals surface area contributed by atoms with Crippen molar-refractivity contribution in [3.05, 3.63) is 65.9 Å². The van der Waals surface area contributed by atoms with Gasteiger partial charge in [-0.1, -0.05) is 55.4 Å². The number of aromatic nitrogens is 2. The summed E-state index contributed by atoms with van der Waals surface area (Å²) in [5.41, 5.74) is 1.32. The molecular formula is C26H32BN5O5. The zero-order valence-corrected chi connectivity index (χ0v) is 21.2. The largest absolute Gasteiger partial charge is 0.475 e. The van der Waals surface area contributed by atoms with Crippen molar-refractivity contribution in [1.29, 1.82) is 0 Å². The van der Waals surface area contributed by atoms with Crippen LogP contribution >= 0.6 is 0 Å². The van der Waals surface area contributed by atoms with Gasteiger partial charge < -0.3 is 25.5 Å². The minimum atomic E-state index is -1.71. The molecule has 0 bridgehead atoms. The molecule has 1 aromatic heterocycles. The van der Waals surface area contributed by atoms with Crippen LogP contribution < -0.4 is 10.6 Å². The molecule has 0 radical (unpaired) electrons. The smallest absolute Gasteiger partial charge is 0.426 e. The quantitative estimate of drug-likeness (QED) is 0.309. The first-order valence-corrected chi connectivity index (χ1v) is 12.3. The lowest BCUT2D eigenvalue weighted by atomic mass is 9.74. The fraction of sp³-hybridized carbons (Fsp3) is 0.385. The van der Waals surface area contributed by atoms with Crippen molar-refractivity contribution in [2.45, 2.75) is 44.7 Å². The van der Waals surface area contributed by atoms with Gasteiger partial charge in [-0.2, -0.15) is 5.10 Å². The second-order valence-electron chi connectivity index (χ2n) is 9.89. The minimum Gasteiger partial charge on any atom is -0.426 e. The Morgan fingerprint density at radius 1 is 1.16 bits per heavy atom. The van der Waals surface area contributed by atoms with Gasteiger partial charge in [-0.3, -0.25) is 14.3 Å². The average Bonchev–Trinajstić information content (AvgIpc) is 3.46. The molecule has 0 aliphatic carbocycles. The molecule has 2 amide bonds. The van der Waals surface area contributed by atoms with Gasteiger partial charge in [-0.15, -0.1) is 0 Å². The van der Waals surface area contributed by atoms with Gasteiger partial charge in [-0.25, -0.2) is 0 Å². The topological polar surface area (TPSA) is 138 Å². The van der Waals surface area contributed by atoms with Gasteiger partial charge >= 0.3 is 7.12 Å². The van der Waals surface area contributed by atoms with Gasteiger partial charge in [0.1, 0.15) is 0 Å². The van der Waals surface area contributed by atoms with Crippen LogP contribution in [0.3, 0.4) is 0 Å². The van der Waals surface area contributed by atoms with Crippen LogP contribution in [0.1, 0.15) is 42.6 Å². The third-order valence-electron chi connectivity index (χ3n) is 6.48. The van der Waals surface area contributed by atoms with E-state index in [-0.39, 0.29) is 31.2 Å². The molecule has 0 spiro atoms. The lowest BCUT2D eigenvalue weighted by Gasteiger charge is -2.29. The summed E-state index contributed by atoms with van der Waals surface area (Å²) in [4.78, 5) is 32.2. The van der Waals surface area contributed by atoms with E-state index in [0.717, 1.165) is 16.5 Å². The molecule has 0 fully saturated rings. The Balaban J connectivity index is 1.48. The highest BCUT2D eigenvalue weighted by atomic mass is 16.7. The number of nitrogens with zero attached hydrogens (tertiary/aromatic N) is 3. The maximum absolute atomic E-state index is 13.5. The highest BCUT2D eigenvalue weighted by Crippen LogP contribution is 2.29. The number of carbonyl (C=O) groups excluding carboxylic acids is 2. The molecule has 0 saturated heterocycles. The number of aryl methyl sites for hydroxylation is 1. The van der Waals surface area contributed by atoms with Gasteiger partial charge in [0.2, 0.25) is 5.60 Å². The van der Waals surface area contributed by atoms with Crippen molar-refractivity contribution in [2.24, 2.45) is 18.1 Å². The second kappa shape index (κ2) is 11.1. The van der Waals surface area contributed by atoms with Gasteiger partial charge in [0.05, 0.1) is 35.5 Å². The van der Waals surface area contributed by atoms with Crippen molar-refractivity contribution < 1.29 is 24.5 Å². The van der Waals surface area contributed by atoms with E-state index >= 15 is 0 Å². The van der Waals surface area contributed by atoms with Crippen LogP contribution in [0.4, 0.5) is 0 Å². The normalized spacial score (nSPS) is 17.8. The van der Waals surface area contributed by atoms with Crippen molar-refractivity contribution in [3.63, 3.8) is 0 Å². The van der Waals surface area contributed by atoms with Crippen molar-refractivity contribution in [3.8, 4) is 0 Å². The second-order valence-corrected chi connectivity index (χ2v) is 9.89. The molecular weight excluding hydrogens is 473 g/mol. The molecule has 11 heteroatoms. The predicted molar refractivity (Wildman–Crippen MR) is 141 cm³/mol. The summed E-state index contributed by atoms with van der Waals surface area (Å²) in [5.74, 6) is -1.49. The molecule has 194 valence electrons. The fourth-order valence-electron chi connectivity index (χ4n) is 4.58. The highest BCUT2D eigenvalue weighted by Gasteiger charge is 2.48. The van der Waals surface area contributed by atoms with Crippen LogP contribution in [-0.2, 0) is 23.1 Å². The number of nitrogens with one attached hydrogen (secondary N) is 2. The predicted octanol–water partition coefficient (Wildman–Crippen LogP) is 1.60. The molecule has 1 aliphatic heterocycles. The molecule has 10 nitrogen and oxygen atoms in total. The SMILES string of the molecule is CC(C)CC(NC(=O)C1(Cc2ccccc2)CC(CNC(=O)c2cccc3c2cnn3C)=NO1)B(O)O. The van der Waals surface area contributed by atoms with E-state index in [1.807, 2.05) is 57.3 Å². The number of amides is 2. The number of benzene rings is 2. The van der Waals surface area contributed by atoms with Crippen molar-refractivity contribution in [2.75, 3.05) is 6.54 Å². The molecule has 0 saturated carbocycles. The van der Waals surface area contributed by atoms with Crippen LogP contribution in [0.2, 0.25) is 0 Å². The molecule has 4 rings (SSSR count). The van der Waals surface area contributed by atoms with Crippen LogP contribution in [0.5, 0.6) is 0 Å². The number of oxime groups is 1. The van der Waals surface area contributed by atoms with Crippen LogP contribution in [0.15, 0.2) is 59.9 Å². The van der Waals surface area contributed by atoms with Gasteiger partial charge in [-0.05, 0) is 30.0 Å². The Morgan fingerprint density at radius 3 is 2.62 bits per heavy atom. The Labute approximate surface area is 215 Å². The number of rotatable bonds is 10. The maximum atomic E-state index is 13.5. The standard InChI is InChI=1S/C26H32BN5O5/c1-17(2)12-23(27(35)36)30-25(34)26(13-18-8-5-4-6-9-18)14-19(31-37-26)15-28-24(33)20-10-7-11-22-21(20)16-29-32(22)3/h4-11,16-17,23,35-36H,12-15H2,1-3H3,(H,28,33)(H,30,34). The summed E-state index contributed by atoms with van der Waals surface area (Å²) in [6.45, 7) is 3.96. The van der Waals surface area contributed by atoms with E-state index in [4.69, 9.17) is 4.84 Å². The van der Waals surface area contributed by atoms with Crippen LogP contribution in [0.25, 0.3) is 10.9 Å². The van der Waals surface area contributed by atoms with E-state index in [0.29, 0.717) is 17.7 Å². The van der Waals surface area contributed by atoms with E-state index in [1.54, 1.807) is 23.0 Å². The molecule has 2 unspecified atom stereocenters. The van der Waals surface area contributed by atoms with Gasteiger partial charge in [0, 0.05) is 25.3 Å². The lowest BCUT2D eigenvalue weighted by molar-refractivity contribution is -0.144. The zero-order chi connectivity index (χ0) is 26.6. The Hall–Kier alpha value is -3.70. The van der Waals surface area contributed by atoms with E-state index in [2.05, 4.69) is 20.9 Å². The Bertz CT molecular complexity index is 1290. The van der Waals surface area contributed by atoms with Crippen molar-refractivity contribution >= 4 is 35.5 Å². The third kappa shape index (κ3) is 6.00. The summed E-state index contributed by atoms with van der Waals surface area (Å²) in [6, 6.07) is 14.8. The first-order chi connectivity index (χ1) is 17.7. The molecule has 3 aromatic rings. The fourth-order valence-corrected chi connectivity index (χ4v) is 4.58.